The second-order valence-electron chi connectivity index (χ2n) is 7.24. The van der Waals surface area contributed by atoms with Crippen LogP contribution in [0.3, 0.4) is 0 Å². The number of ether oxygens (including phenoxy) is 1. The SMILES string of the molecule is CCOc1ccccc1C(=O)NC1(C(F)(F)F)C(=O)Nc2c1c(=O)[nH]c(=O)n2-c1ccccc1. The van der Waals surface area contributed by atoms with E-state index in [1.54, 1.807) is 18.3 Å². The molecule has 1 aliphatic rings. The lowest BCUT2D eigenvalue weighted by Gasteiger charge is -2.30. The second kappa shape index (κ2) is 8.21. The van der Waals surface area contributed by atoms with Crippen LogP contribution >= 0.6 is 0 Å². The zero-order valence-corrected chi connectivity index (χ0v) is 17.5. The Bertz CT molecular complexity index is 1400. The average Bonchev–Trinajstić information content (AvgIpc) is 3.08. The van der Waals surface area contributed by atoms with Gasteiger partial charge in [0.25, 0.3) is 22.9 Å². The van der Waals surface area contributed by atoms with Crippen molar-refractivity contribution in [3.8, 4) is 11.4 Å². The minimum atomic E-state index is -5.45. The third-order valence-corrected chi connectivity index (χ3v) is 5.23. The third-order valence-electron chi connectivity index (χ3n) is 5.23. The Morgan fingerprint density at radius 3 is 2.35 bits per heavy atom. The van der Waals surface area contributed by atoms with Crippen molar-refractivity contribution in [2.75, 3.05) is 11.9 Å². The van der Waals surface area contributed by atoms with Crippen LogP contribution in [0, 0.1) is 0 Å². The first kappa shape index (κ1) is 22.8. The number of carbonyl (C=O) groups excluding carboxylic acids is 2. The van der Waals surface area contributed by atoms with Gasteiger partial charge >= 0.3 is 11.9 Å². The van der Waals surface area contributed by atoms with Gasteiger partial charge in [0.1, 0.15) is 17.1 Å². The summed E-state index contributed by atoms with van der Waals surface area (Å²) < 4.78 is 49.6. The minimum Gasteiger partial charge on any atom is -0.493 e. The van der Waals surface area contributed by atoms with Gasteiger partial charge in [-0.05, 0) is 31.2 Å². The quantitative estimate of drug-likeness (QED) is 0.523. The van der Waals surface area contributed by atoms with Gasteiger partial charge in [0.05, 0.1) is 17.9 Å². The standard InChI is InChI=1S/C22H17F3N4O5/c1-2-34-14-11-7-6-10-13(14)17(30)28-21(22(23,24)25)15-16(26-19(21)32)29(20(33)27-18(15)31)12-8-4-3-5-9-12/h3-11H,2H2,1H3,(H,26,32)(H,28,30)(H,27,31,33). The number of aromatic amines is 1. The minimum absolute atomic E-state index is 0.0124. The van der Waals surface area contributed by atoms with Crippen molar-refractivity contribution in [2.24, 2.45) is 0 Å². The molecule has 1 aromatic heterocycles. The van der Waals surface area contributed by atoms with E-state index in [9.17, 15) is 32.3 Å². The predicted octanol–water partition coefficient (Wildman–Crippen LogP) is 2.06. The summed E-state index contributed by atoms with van der Waals surface area (Å²) in [5, 5.41) is 3.68. The lowest BCUT2D eigenvalue weighted by Crippen LogP contribution is -2.62. The number of nitrogens with one attached hydrogen (secondary N) is 3. The number of hydrogen-bond donors (Lipinski definition) is 3. The van der Waals surface area contributed by atoms with Crippen LogP contribution in [0.2, 0.25) is 0 Å². The fourth-order valence-corrected chi connectivity index (χ4v) is 3.77. The molecule has 4 rings (SSSR count). The van der Waals surface area contributed by atoms with Gasteiger partial charge in [-0.2, -0.15) is 13.2 Å². The highest BCUT2D eigenvalue weighted by Crippen LogP contribution is 2.45. The first-order valence-corrected chi connectivity index (χ1v) is 9.99. The van der Waals surface area contributed by atoms with Crippen LogP contribution in [0.15, 0.2) is 64.2 Å². The van der Waals surface area contributed by atoms with E-state index in [0.29, 0.717) is 0 Å². The van der Waals surface area contributed by atoms with Crippen molar-refractivity contribution >= 4 is 17.6 Å². The van der Waals surface area contributed by atoms with E-state index in [1.165, 1.54) is 48.5 Å². The molecule has 1 aliphatic heterocycles. The van der Waals surface area contributed by atoms with Gasteiger partial charge in [0.15, 0.2) is 0 Å². The van der Waals surface area contributed by atoms with Crippen molar-refractivity contribution in [2.45, 2.75) is 18.6 Å². The summed E-state index contributed by atoms with van der Waals surface area (Å²) in [5.74, 6) is -3.75. The molecule has 1 unspecified atom stereocenters. The van der Waals surface area contributed by atoms with Crippen molar-refractivity contribution in [3.05, 3.63) is 86.6 Å². The maximum atomic E-state index is 14.5. The molecule has 2 heterocycles. The average molecular weight is 474 g/mol. The highest BCUT2D eigenvalue weighted by molar-refractivity contribution is 6.10. The summed E-state index contributed by atoms with van der Waals surface area (Å²) in [6.07, 6.45) is -5.45. The molecule has 0 saturated heterocycles. The topological polar surface area (TPSA) is 122 Å². The molecule has 1 atom stereocenters. The fourth-order valence-electron chi connectivity index (χ4n) is 3.77. The van der Waals surface area contributed by atoms with E-state index in [-0.39, 0.29) is 23.6 Å². The van der Waals surface area contributed by atoms with Gasteiger partial charge < -0.3 is 15.4 Å². The van der Waals surface area contributed by atoms with Gasteiger partial charge in [0, 0.05) is 0 Å². The number of H-pyrrole nitrogens is 1. The number of halogens is 3. The molecule has 9 nitrogen and oxygen atoms in total. The molecule has 0 fully saturated rings. The number of benzene rings is 2. The second-order valence-corrected chi connectivity index (χ2v) is 7.24. The van der Waals surface area contributed by atoms with E-state index in [4.69, 9.17) is 4.74 Å². The summed E-state index contributed by atoms with van der Waals surface area (Å²) in [5.41, 5.74) is -7.65. The Morgan fingerprint density at radius 1 is 1.06 bits per heavy atom. The molecule has 0 bridgehead atoms. The summed E-state index contributed by atoms with van der Waals surface area (Å²) in [6.45, 7) is 1.75. The maximum Gasteiger partial charge on any atom is 0.425 e. The molecule has 34 heavy (non-hydrogen) atoms. The third kappa shape index (κ3) is 3.43. The van der Waals surface area contributed by atoms with Crippen molar-refractivity contribution in [3.63, 3.8) is 0 Å². The van der Waals surface area contributed by atoms with Crippen molar-refractivity contribution in [1.29, 1.82) is 0 Å². The van der Waals surface area contributed by atoms with E-state index >= 15 is 0 Å². The smallest absolute Gasteiger partial charge is 0.425 e. The molecular formula is C22H17F3N4O5. The van der Waals surface area contributed by atoms with Crippen LogP contribution in [0.1, 0.15) is 22.8 Å². The van der Waals surface area contributed by atoms with Gasteiger partial charge in [-0.1, -0.05) is 30.3 Å². The Balaban J connectivity index is 1.95. The van der Waals surface area contributed by atoms with Crippen LogP contribution in [0.25, 0.3) is 5.69 Å². The Labute approximate surface area is 189 Å². The molecule has 3 aromatic rings. The van der Waals surface area contributed by atoms with Crippen LogP contribution in [0.5, 0.6) is 5.75 Å². The highest BCUT2D eigenvalue weighted by atomic mass is 19.4. The molecule has 0 aliphatic carbocycles. The lowest BCUT2D eigenvalue weighted by atomic mass is 9.91. The van der Waals surface area contributed by atoms with Crippen LogP contribution < -0.4 is 26.6 Å². The number of amides is 2. The molecular weight excluding hydrogens is 457 g/mol. The monoisotopic (exact) mass is 474 g/mol. The van der Waals surface area contributed by atoms with E-state index in [0.717, 1.165) is 4.57 Å². The van der Waals surface area contributed by atoms with E-state index in [2.05, 4.69) is 0 Å². The zero-order chi connectivity index (χ0) is 24.7. The number of fused-ring (bicyclic) bond motifs is 1. The first-order chi connectivity index (χ1) is 16.1. The molecule has 0 spiro atoms. The Kier molecular flexibility index (Phi) is 5.51. The molecule has 2 amide bonds. The number of para-hydroxylation sites is 2. The number of hydrogen-bond acceptors (Lipinski definition) is 5. The molecule has 176 valence electrons. The number of anilines is 1. The normalized spacial score (nSPS) is 17.1. The number of aromatic nitrogens is 2. The largest absolute Gasteiger partial charge is 0.493 e. The molecule has 3 N–H and O–H groups in total. The molecule has 0 saturated carbocycles. The van der Waals surface area contributed by atoms with Gasteiger partial charge in [0.2, 0.25) is 0 Å². The highest BCUT2D eigenvalue weighted by Gasteiger charge is 2.68. The van der Waals surface area contributed by atoms with Crippen molar-refractivity contribution in [1.82, 2.24) is 14.9 Å². The number of carbonyl (C=O) groups is 2. The maximum absolute atomic E-state index is 14.5. The van der Waals surface area contributed by atoms with Crippen LogP contribution in [0.4, 0.5) is 19.0 Å². The number of rotatable bonds is 5. The summed E-state index contributed by atoms with van der Waals surface area (Å²) in [6, 6.07) is 12.9. The Hall–Kier alpha value is -4.35. The van der Waals surface area contributed by atoms with E-state index < -0.39 is 46.2 Å². The summed E-state index contributed by atoms with van der Waals surface area (Å²) >= 11 is 0. The lowest BCUT2D eigenvalue weighted by molar-refractivity contribution is -0.196. The number of alkyl halides is 3. The Morgan fingerprint density at radius 2 is 1.71 bits per heavy atom. The van der Waals surface area contributed by atoms with E-state index in [1.807, 2.05) is 10.3 Å². The molecule has 0 radical (unpaired) electrons. The summed E-state index contributed by atoms with van der Waals surface area (Å²) in [4.78, 5) is 52.8. The van der Waals surface area contributed by atoms with Gasteiger partial charge in [-0.3, -0.25) is 19.4 Å². The van der Waals surface area contributed by atoms with Crippen LogP contribution in [-0.4, -0.2) is 34.1 Å². The molecule has 2 aromatic carbocycles. The van der Waals surface area contributed by atoms with Crippen molar-refractivity contribution < 1.29 is 27.5 Å². The fraction of sp³-hybridized carbons (Fsp3) is 0.182. The van der Waals surface area contributed by atoms with Gasteiger partial charge in [-0.25, -0.2) is 9.36 Å². The first-order valence-electron chi connectivity index (χ1n) is 9.99. The predicted molar refractivity (Wildman–Crippen MR) is 114 cm³/mol. The van der Waals surface area contributed by atoms with Crippen LogP contribution in [-0.2, 0) is 10.3 Å². The summed E-state index contributed by atoms with van der Waals surface area (Å²) in [7, 11) is 0. The molecule has 12 heteroatoms. The van der Waals surface area contributed by atoms with Gasteiger partial charge in [-0.15, -0.1) is 0 Å². The number of nitrogens with zero attached hydrogens (tertiary/aromatic N) is 1. The zero-order valence-electron chi connectivity index (χ0n) is 17.5.